The van der Waals surface area contributed by atoms with Crippen molar-refractivity contribution in [3.05, 3.63) is 35.4 Å². The minimum atomic E-state index is -4.41. The number of alkyl halides is 3. The van der Waals surface area contributed by atoms with Gasteiger partial charge in [0, 0.05) is 0 Å². The van der Waals surface area contributed by atoms with Crippen molar-refractivity contribution in [2.45, 2.75) is 24.4 Å². The number of piperidine rings is 1. The third kappa shape index (κ3) is 3.02. The lowest BCUT2D eigenvalue weighted by molar-refractivity contribution is -0.138. The molecule has 2 nitrogen and oxygen atoms in total. The fourth-order valence-corrected chi connectivity index (χ4v) is 2.44. The summed E-state index contributed by atoms with van der Waals surface area (Å²) < 4.78 is 39.0. The Balaban J connectivity index is 0.00000180. The van der Waals surface area contributed by atoms with Crippen molar-refractivity contribution >= 4 is 12.4 Å². The van der Waals surface area contributed by atoms with E-state index in [0.717, 1.165) is 6.07 Å². The van der Waals surface area contributed by atoms with Crippen LogP contribution in [0.5, 0.6) is 0 Å². The topological polar surface area (TPSA) is 35.8 Å². The highest BCUT2D eigenvalue weighted by Gasteiger charge is 2.42. The first kappa shape index (κ1) is 15.8. The summed E-state index contributed by atoms with van der Waals surface area (Å²) >= 11 is 0. The number of nitrogens with one attached hydrogen (secondary N) is 1. The maximum atomic E-state index is 13.0. The summed E-state index contributed by atoms with van der Waals surface area (Å²) in [5.41, 5.74) is -1.59. The third-order valence-electron chi connectivity index (χ3n) is 3.42. The van der Waals surface area contributed by atoms with Gasteiger partial charge in [0.1, 0.15) is 0 Å². The average molecular weight is 291 g/mol. The minimum Gasteiger partial charge on any atom is -0.317 e. The Labute approximate surface area is 116 Å². The second-order valence-corrected chi connectivity index (χ2v) is 4.49. The molecule has 0 spiro atoms. The number of hydrogen-bond donors (Lipinski definition) is 1. The predicted molar refractivity (Wildman–Crippen MR) is 68.1 cm³/mol. The van der Waals surface area contributed by atoms with Crippen molar-refractivity contribution in [2.24, 2.45) is 0 Å². The molecule has 0 amide bonds. The van der Waals surface area contributed by atoms with Gasteiger partial charge in [-0.1, -0.05) is 18.2 Å². The molecular formula is C13H14ClF3N2. The van der Waals surface area contributed by atoms with E-state index in [1.165, 1.54) is 12.1 Å². The van der Waals surface area contributed by atoms with Crippen LogP contribution in [0.15, 0.2) is 24.3 Å². The molecule has 1 aliphatic rings. The third-order valence-corrected chi connectivity index (χ3v) is 3.42. The van der Waals surface area contributed by atoms with Gasteiger partial charge in [0.05, 0.1) is 17.0 Å². The molecule has 0 aliphatic carbocycles. The standard InChI is InChI=1S/C13H13F3N2.ClH/c14-13(15,16)11-4-2-1-3-10(11)12(9-17)5-7-18-8-6-12;/h1-4,18H,5-8H2;1H. The number of rotatable bonds is 1. The average Bonchev–Trinajstić information content (AvgIpc) is 2.38. The van der Waals surface area contributed by atoms with E-state index in [0.29, 0.717) is 25.9 Å². The van der Waals surface area contributed by atoms with Crippen molar-refractivity contribution in [1.29, 1.82) is 5.26 Å². The number of hydrogen-bond acceptors (Lipinski definition) is 2. The van der Waals surface area contributed by atoms with Crippen LogP contribution >= 0.6 is 12.4 Å². The van der Waals surface area contributed by atoms with Crippen LogP contribution in [0, 0.1) is 11.3 Å². The number of nitrogens with zero attached hydrogens (tertiary/aromatic N) is 1. The maximum absolute atomic E-state index is 13.0. The largest absolute Gasteiger partial charge is 0.416 e. The smallest absolute Gasteiger partial charge is 0.317 e. The van der Waals surface area contributed by atoms with Gasteiger partial charge in [-0.05, 0) is 37.6 Å². The molecule has 1 fully saturated rings. The molecule has 2 rings (SSSR count). The van der Waals surface area contributed by atoms with E-state index in [2.05, 4.69) is 11.4 Å². The molecule has 0 unspecified atom stereocenters. The monoisotopic (exact) mass is 290 g/mol. The normalized spacial score (nSPS) is 18.2. The predicted octanol–water partition coefficient (Wildman–Crippen LogP) is 3.27. The van der Waals surface area contributed by atoms with Crippen LogP contribution in [0.25, 0.3) is 0 Å². The van der Waals surface area contributed by atoms with Gasteiger partial charge in [0.2, 0.25) is 0 Å². The quantitative estimate of drug-likeness (QED) is 0.861. The summed E-state index contributed by atoms with van der Waals surface area (Å²) in [5.74, 6) is 0. The highest BCUT2D eigenvalue weighted by Crippen LogP contribution is 2.41. The molecule has 1 aromatic rings. The second-order valence-electron chi connectivity index (χ2n) is 4.49. The van der Waals surface area contributed by atoms with Crippen LogP contribution in [-0.4, -0.2) is 13.1 Å². The molecule has 0 saturated carbocycles. The summed E-state index contributed by atoms with van der Waals surface area (Å²) in [6.45, 7) is 1.14. The van der Waals surface area contributed by atoms with Crippen LogP contribution in [0.2, 0.25) is 0 Å². The van der Waals surface area contributed by atoms with Gasteiger partial charge in [-0.15, -0.1) is 12.4 Å². The Bertz CT molecular complexity index is 474. The zero-order valence-electron chi connectivity index (χ0n) is 10.1. The lowest BCUT2D eigenvalue weighted by atomic mass is 9.72. The Hall–Kier alpha value is -1.25. The molecule has 0 radical (unpaired) electrons. The van der Waals surface area contributed by atoms with E-state index in [4.69, 9.17) is 0 Å². The Morgan fingerprint density at radius 2 is 1.74 bits per heavy atom. The SMILES string of the molecule is Cl.N#CC1(c2ccccc2C(F)(F)F)CCNCC1. The molecule has 1 heterocycles. The van der Waals surface area contributed by atoms with E-state index in [-0.39, 0.29) is 18.0 Å². The summed E-state index contributed by atoms with van der Waals surface area (Å²) in [6.07, 6.45) is -3.58. The first-order chi connectivity index (χ1) is 8.49. The first-order valence-electron chi connectivity index (χ1n) is 5.78. The summed E-state index contributed by atoms with van der Waals surface area (Å²) in [4.78, 5) is 0. The molecule has 1 saturated heterocycles. The lowest BCUT2D eigenvalue weighted by Crippen LogP contribution is -2.40. The van der Waals surface area contributed by atoms with E-state index in [1.807, 2.05) is 0 Å². The fourth-order valence-electron chi connectivity index (χ4n) is 2.44. The van der Waals surface area contributed by atoms with E-state index >= 15 is 0 Å². The zero-order valence-corrected chi connectivity index (χ0v) is 10.9. The van der Waals surface area contributed by atoms with Gasteiger partial charge in [-0.3, -0.25) is 0 Å². The molecule has 0 aromatic heterocycles. The number of halogens is 4. The minimum absolute atomic E-state index is 0. The van der Waals surface area contributed by atoms with Crippen LogP contribution in [-0.2, 0) is 11.6 Å². The fraction of sp³-hybridized carbons (Fsp3) is 0.462. The van der Waals surface area contributed by atoms with Gasteiger partial charge in [0.25, 0.3) is 0 Å². The molecule has 104 valence electrons. The van der Waals surface area contributed by atoms with Gasteiger partial charge >= 0.3 is 6.18 Å². The Morgan fingerprint density at radius 1 is 1.16 bits per heavy atom. The molecular weight excluding hydrogens is 277 g/mol. The molecule has 0 bridgehead atoms. The van der Waals surface area contributed by atoms with Crippen LogP contribution in [0.1, 0.15) is 24.0 Å². The van der Waals surface area contributed by atoms with Crippen LogP contribution < -0.4 is 5.32 Å². The van der Waals surface area contributed by atoms with Crippen LogP contribution in [0.4, 0.5) is 13.2 Å². The lowest BCUT2D eigenvalue weighted by Gasteiger charge is -2.33. The zero-order chi connectivity index (χ0) is 13.2. The van der Waals surface area contributed by atoms with Gasteiger partial charge in [-0.2, -0.15) is 18.4 Å². The summed E-state index contributed by atoms with van der Waals surface area (Å²) in [5, 5.41) is 12.4. The highest BCUT2D eigenvalue weighted by molar-refractivity contribution is 5.85. The maximum Gasteiger partial charge on any atom is 0.416 e. The van der Waals surface area contributed by atoms with Crippen molar-refractivity contribution in [3.8, 4) is 6.07 Å². The van der Waals surface area contributed by atoms with Crippen molar-refractivity contribution in [3.63, 3.8) is 0 Å². The van der Waals surface area contributed by atoms with Crippen molar-refractivity contribution in [2.75, 3.05) is 13.1 Å². The van der Waals surface area contributed by atoms with Crippen LogP contribution in [0.3, 0.4) is 0 Å². The van der Waals surface area contributed by atoms with Crippen molar-refractivity contribution in [1.82, 2.24) is 5.32 Å². The van der Waals surface area contributed by atoms with E-state index < -0.39 is 17.2 Å². The number of nitriles is 1. The first-order valence-corrected chi connectivity index (χ1v) is 5.78. The molecule has 0 atom stereocenters. The second kappa shape index (κ2) is 5.81. The Kier molecular flexibility index (Phi) is 4.83. The van der Waals surface area contributed by atoms with E-state index in [1.54, 1.807) is 6.07 Å². The van der Waals surface area contributed by atoms with Gasteiger partial charge in [-0.25, -0.2) is 0 Å². The van der Waals surface area contributed by atoms with Gasteiger partial charge < -0.3 is 5.32 Å². The molecule has 1 aliphatic heterocycles. The number of benzene rings is 1. The molecule has 19 heavy (non-hydrogen) atoms. The molecule has 1 aromatic carbocycles. The summed E-state index contributed by atoms with van der Waals surface area (Å²) in [7, 11) is 0. The van der Waals surface area contributed by atoms with Gasteiger partial charge in [0.15, 0.2) is 0 Å². The van der Waals surface area contributed by atoms with E-state index in [9.17, 15) is 18.4 Å². The Morgan fingerprint density at radius 3 is 2.26 bits per heavy atom. The molecule has 6 heteroatoms. The highest BCUT2D eigenvalue weighted by atomic mass is 35.5. The van der Waals surface area contributed by atoms with Crippen molar-refractivity contribution < 1.29 is 13.2 Å². The molecule has 1 N–H and O–H groups in total. The summed E-state index contributed by atoms with van der Waals surface area (Å²) in [6, 6.07) is 7.51.